The van der Waals surface area contributed by atoms with Crippen LogP contribution in [0.1, 0.15) is 6.92 Å². The molecule has 0 aromatic heterocycles. The molecule has 52 valence electrons. The number of carbonyl (C=O) groups excluding carboxylic acids is 1. The summed E-state index contributed by atoms with van der Waals surface area (Å²) in [5.74, 6) is -1.34. The van der Waals surface area contributed by atoms with Gasteiger partial charge in [0.2, 0.25) is 16.2 Å². The Hall–Kier alpha value is -0.840. The maximum absolute atomic E-state index is 10.2. The zero-order valence-electron chi connectivity index (χ0n) is 4.87. The Morgan fingerprint density at radius 1 is 1.67 bits per heavy atom. The van der Waals surface area contributed by atoms with Crippen molar-refractivity contribution >= 4 is 21.6 Å². The van der Waals surface area contributed by atoms with Gasteiger partial charge in [-0.25, -0.2) is 0 Å². The Labute approximate surface area is 54.2 Å². The number of nitrogens with two attached hydrogens (primary N) is 1. The van der Waals surface area contributed by atoms with Gasteiger partial charge in [-0.05, 0) is 6.92 Å². The number of hydrogen-bond donors (Lipinski definition) is 1. The van der Waals surface area contributed by atoms with Gasteiger partial charge in [0.05, 0.1) is 5.92 Å². The number of amides is 1. The third kappa shape index (κ3) is 3.72. The zero-order chi connectivity index (χ0) is 7.44. The molecule has 0 heterocycles. The zero-order valence-corrected chi connectivity index (χ0v) is 5.68. The molecule has 0 rings (SSSR count). The molecular weight excluding hydrogens is 142 g/mol. The molecule has 0 bridgehead atoms. The molecule has 0 fully saturated rings. The third-order valence-electron chi connectivity index (χ3n) is 0.764. The lowest BCUT2D eigenvalue weighted by Crippen LogP contribution is -2.21. The predicted octanol–water partition coefficient (Wildman–Crippen LogP) is -1.21. The molecule has 0 aliphatic rings. The summed E-state index contributed by atoms with van der Waals surface area (Å²) >= 11 is 0. The molecule has 0 spiro atoms. The maximum atomic E-state index is 10.2. The minimum atomic E-state index is -2.29. The van der Waals surface area contributed by atoms with Crippen LogP contribution in [0.15, 0.2) is 0 Å². The molecule has 0 saturated heterocycles. The van der Waals surface area contributed by atoms with E-state index in [0.29, 0.717) is 0 Å². The van der Waals surface area contributed by atoms with Gasteiger partial charge in [0, 0.05) is 5.37 Å². The molecule has 1 unspecified atom stereocenters. The highest BCUT2D eigenvalue weighted by molar-refractivity contribution is 7.71. The molecule has 0 aromatic rings. The highest BCUT2D eigenvalue weighted by Crippen LogP contribution is 1.83. The van der Waals surface area contributed by atoms with E-state index >= 15 is 0 Å². The van der Waals surface area contributed by atoms with E-state index in [1.807, 2.05) is 0 Å². The lowest BCUT2D eigenvalue weighted by Gasteiger charge is -1.92. The van der Waals surface area contributed by atoms with Crippen LogP contribution in [0.2, 0.25) is 0 Å². The predicted molar refractivity (Wildman–Crippen MR) is 33.3 cm³/mol. The molecule has 0 aliphatic heterocycles. The van der Waals surface area contributed by atoms with Crippen molar-refractivity contribution < 1.29 is 13.2 Å². The molecule has 9 heavy (non-hydrogen) atoms. The van der Waals surface area contributed by atoms with Gasteiger partial charge in [0.15, 0.2) is 0 Å². The van der Waals surface area contributed by atoms with E-state index in [2.05, 4.69) is 0 Å². The van der Waals surface area contributed by atoms with E-state index in [4.69, 9.17) is 5.73 Å². The first-order valence-corrected chi connectivity index (χ1v) is 3.40. The third-order valence-corrected chi connectivity index (χ3v) is 1.39. The van der Waals surface area contributed by atoms with Crippen LogP contribution in [-0.2, 0) is 15.1 Å². The summed E-state index contributed by atoms with van der Waals surface area (Å²) in [7, 11) is -2.29. The second-order valence-corrected chi connectivity index (χ2v) is 2.38. The normalized spacial score (nSPS) is 12.1. The molecule has 4 nitrogen and oxygen atoms in total. The summed E-state index contributed by atoms with van der Waals surface area (Å²) in [6.07, 6.45) is 0. The second-order valence-electron chi connectivity index (χ2n) is 1.59. The Balaban J connectivity index is 4.26. The Morgan fingerprint density at radius 2 is 2.11 bits per heavy atom. The van der Waals surface area contributed by atoms with E-state index < -0.39 is 22.1 Å². The van der Waals surface area contributed by atoms with Crippen LogP contribution in [0.4, 0.5) is 0 Å². The second kappa shape index (κ2) is 3.24. The van der Waals surface area contributed by atoms with Crippen molar-refractivity contribution in [3.05, 3.63) is 0 Å². The first kappa shape index (κ1) is 8.16. The largest absolute Gasteiger partial charge is 0.369 e. The van der Waals surface area contributed by atoms with Gasteiger partial charge >= 0.3 is 0 Å². The fraction of sp³-hybridized carbons (Fsp3) is 0.500. The van der Waals surface area contributed by atoms with Gasteiger partial charge in [-0.2, -0.15) is 8.42 Å². The Kier molecular flexibility index (Phi) is 2.94. The first-order chi connectivity index (χ1) is 4.04. The molecular formula is C4H7NO3S. The van der Waals surface area contributed by atoms with Gasteiger partial charge in [-0.3, -0.25) is 4.79 Å². The van der Waals surface area contributed by atoms with Crippen molar-refractivity contribution in [1.82, 2.24) is 0 Å². The molecule has 5 heteroatoms. The first-order valence-electron chi connectivity index (χ1n) is 2.26. The minimum Gasteiger partial charge on any atom is -0.369 e. The summed E-state index contributed by atoms with van der Waals surface area (Å²) in [5, 5.41) is 0.850. The molecule has 2 N–H and O–H groups in total. The van der Waals surface area contributed by atoms with Crippen LogP contribution < -0.4 is 5.73 Å². The van der Waals surface area contributed by atoms with Gasteiger partial charge in [-0.1, -0.05) is 0 Å². The van der Waals surface area contributed by atoms with Crippen molar-refractivity contribution in [3.63, 3.8) is 0 Å². The van der Waals surface area contributed by atoms with Crippen LogP contribution in [0.5, 0.6) is 0 Å². The van der Waals surface area contributed by atoms with Crippen LogP contribution >= 0.6 is 0 Å². The molecule has 1 atom stereocenters. The average Bonchev–Trinajstić information content (AvgIpc) is 1.63. The molecule has 0 aliphatic carbocycles. The van der Waals surface area contributed by atoms with Crippen molar-refractivity contribution in [3.8, 4) is 0 Å². The molecule has 0 aromatic carbocycles. The van der Waals surface area contributed by atoms with E-state index in [1.54, 1.807) is 0 Å². The van der Waals surface area contributed by atoms with Crippen LogP contribution in [0, 0.1) is 5.92 Å². The lowest BCUT2D eigenvalue weighted by atomic mass is 10.2. The van der Waals surface area contributed by atoms with E-state index in [0.717, 1.165) is 5.37 Å². The van der Waals surface area contributed by atoms with Gasteiger partial charge in [0.25, 0.3) is 0 Å². The monoisotopic (exact) mass is 149 g/mol. The number of hydrogen-bond acceptors (Lipinski definition) is 3. The summed E-state index contributed by atoms with van der Waals surface area (Å²) in [5.41, 5.74) is 4.74. The summed E-state index contributed by atoms with van der Waals surface area (Å²) in [4.78, 5) is 10.2. The summed E-state index contributed by atoms with van der Waals surface area (Å²) in [6, 6.07) is 0. The van der Waals surface area contributed by atoms with Crippen LogP contribution in [0.25, 0.3) is 0 Å². The van der Waals surface area contributed by atoms with Gasteiger partial charge < -0.3 is 5.73 Å². The van der Waals surface area contributed by atoms with Gasteiger partial charge in [0.1, 0.15) is 0 Å². The van der Waals surface area contributed by atoms with Crippen molar-refractivity contribution in [2.24, 2.45) is 11.7 Å². The van der Waals surface area contributed by atoms with Crippen molar-refractivity contribution in [2.45, 2.75) is 6.92 Å². The topological polar surface area (TPSA) is 77.2 Å². The summed E-state index contributed by atoms with van der Waals surface area (Å²) in [6.45, 7) is 1.41. The highest BCUT2D eigenvalue weighted by Gasteiger charge is 2.03. The van der Waals surface area contributed by atoms with Crippen LogP contribution in [-0.4, -0.2) is 19.7 Å². The van der Waals surface area contributed by atoms with E-state index in [-0.39, 0.29) is 0 Å². The fourth-order valence-electron chi connectivity index (χ4n) is 0.234. The SMILES string of the molecule is CC(C=S(=O)=O)C(N)=O. The average molecular weight is 149 g/mol. The number of rotatable bonds is 2. The van der Waals surface area contributed by atoms with E-state index in [9.17, 15) is 13.2 Å². The number of primary amides is 1. The number of carbonyl (C=O) groups is 1. The maximum Gasteiger partial charge on any atom is 0.225 e. The summed E-state index contributed by atoms with van der Waals surface area (Å²) < 4.78 is 19.7. The Morgan fingerprint density at radius 3 is 2.22 bits per heavy atom. The molecule has 0 saturated carbocycles. The lowest BCUT2D eigenvalue weighted by molar-refractivity contribution is -0.119. The van der Waals surface area contributed by atoms with Crippen molar-refractivity contribution in [1.29, 1.82) is 0 Å². The molecule has 1 amide bonds. The van der Waals surface area contributed by atoms with Crippen LogP contribution in [0.3, 0.4) is 0 Å². The Bertz CT molecular complexity index is 220. The fourth-order valence-corrected chi connectivity index (χ4v) is 0.701. The highest BCUT2D eigenvalue weighted by atomic mass is 32.2. The minimum absolute atomic E-state index is 0.640. The quantitative estimate of drug-likeness (QED) is 0.500. The van der Waals surface area contributed by atoms with E-state index in [1.165, 1.54) is 6.92 Å². The molecule has 0 radical (unpaired) electrons. The smallest absolute Gasteiger partial charge is 0.225 e. The van der Waals surface area contributed by atoms with Crippen molar-refractivity contribution in [2.75, 3.05) is 0 Å². The van der Waals surface area contributed by atoms with Gasteiger partial charge in [-0.15, -0.1) is 0 Å². The standard InChI is InChI=1S/C4H7NO3S/c1-3(4(5)6)2-9(7)8/h2-3H,1H3,(H2,5,6).